The summed E-state index contributed by atoms with van der Waals surface area (Å²) in [6, 6.07) is 14.0. The highest BCUT2D eigenvalue weighted by Gasteiger charge is 2.37. The van der Waals surface area contributed by atoms with Gasteiger partial charge in [0.15, 0.2) is 0 Å². The van der Waals surface area contributed by atoms with Gasteiger partial charge in [-0.05, 0) is 42.0 Å². The van der Waals surface area contributed by atoms with Gasteiger partial charge >= 0.3 is 5.97 Å². The number of hydrogen-bond donors (Lipinski definition) is 2. The molecular weight excluding hydrogens is 250 g/mol. The van der Waals surface area contributed by atoms with Crippen molar-refractivity contribution < 1.29 is 9.90 Å². The molecule has 2 atom stereocenters. The van der Waals surface area contributed by atoms with Crippen molar-refractivity contribution in [2.24, 2.45) is 5.92 Å². The van der Waals surface area contributed by atoms with E-state index in [9.17, 15) is 9.90 Å². The molecule has 104 valence electrons. The third kappa shape index (κ3) is 2.54. The van der Waals surface area contributed by atoms with E-state index >= 15 is 0 Å². The van der Waals surface area contributed by atoms with Gasteiger partial charge in [-0.15, -0.1) is 0 Å². The molecule has 0 saturated heterocycles. The van der Waals surface area contributed by atoms with Crippen LogP contribution in [0.25, 0.3) is 10.8 Å². The number of carboxylic acids is 1. The Hall–Kier alpha value is -1.87. The third-order valence-electron chi connectivity index (χ3n) is 4.08. The van der Waals surface area contributed by atoms with E-state index in [4.69, 9.17) is 0 Å². The van der Waals surface area contributed by atoms with E-state index in [1.54, 1.807) is 0 Å². The smallest absolute Gasteiger partial charge is 0.320 e. The maximum absolute atomic E-state index is 11.3. The molecule has 3 nitrogen and oxygen atoms in total. The molecule has 0 aliphatic heterocycles. The van der Waals surface area contributed by atoms with Crippen LogP contribution in [0.4, 0.5) is 0 Å². The van der Waals surface area contributed by atoms with E-state index in [1.807, 2.05) is 25.1 Å². The van der Waals surface area contributed by atoms with E-state index < -0.39 is 12.0 Å². The van der Waals surface area contributed by atoms with Gasteiger partial charge in [-0.2, -0.15) is 0 Å². The summed E-state index contributed by atoms with van der Waals surface area (Å²) in [7, 11) is 0. The zero-order valence-electron chi connectivity index (χ0n) is 11.5. The van der Waals surface area contributed by atoms with Crippen LogP contribution in [0.15, 0.2) is 42.5 Å². The van der Waals surface area contributed by atoms with Crippen LogP contribution in [-0.4, -0.2) is 17.1 Å². The van der Waals surface area contributed by atoms with E-state index in [1.165, 1.54) is 10.8 Å². The molecule has 2 aromatic carbocycles. The number of benzene rings is 2. The Morgan fingerprint density at radius 2 is 1.90 bits per heavy atom. The van der Waals surface area contributed by atoms with Gasteiger partial charge in [0.2, 0.25) is 0 Å². The first-order valence-electron chi connectivity index (χ1n) is 7.13. The van der Waals surface area contributed by atoms with Gasteiger partial charge in [0, 0.05) is 6.04 Å². The molecule has 0 bridgehead atoms. The van der Waals surface area contributed by atoms with Gasteiger partial charge in [0.05, 0.1) is 0 Å². The maximum atomic E-state index is 11.3. The van der Waals surface area contributed by atoms with E-state index in [0.29, 0.717) is 5.92 Å². The molecule has 0 radical (unpaired) electrons. The average Bonchev–Trinajstić information content (AvgIpc) is 3.28. The van der Waals surface area contributed by atoms with E-state index in [2.05, 4.69) is 29.6 Å². The van der Waals surface area contributed by atoms with Gasteiger partial charge < -0.3 is 5.11 Å². The first-order chi connectivity index (χ1) is 9.66. The molecule has 2 aromatic rings. The van der Waals surface area contributed by atoms with Crippen molar-refractivity contribution in [1.82, 2.24) is 5.32 Å². The van der Waals surface area contributed by atoms with Crippen LogP contribution in [0.1, 0.15) is 31.4 Å². The fourth-order valence-corrected chi connectivity index (χ4v) is 2.83. The molecule has 1 aliphatic rings. The Labute approximate surface area is 118 Å². The van der Waals surface area contributed by atoms with Crippen molar-refractivity contribution in [3.05, 3.63) is 48.0 Å². The average molecular weight is 269 g/mol. The van der Waals surface area contributed by atoms with Crippen LogP contribution >= 0.6 is 0 Å². The van der Waals surface area contributed by atoms with Gasteiger partial charge in [-0.1, -0.05) is 42.5 Å². The lowest BCUT2D eigenvalue weighted by molar-refractivity contribution is -0.140. The number of aliphatic carboxylic acids is 1. The standard InChI is InChI=1S/C17H19NO2/c1-11(18-16(17(19)20)13-9-10-13)14-8-4-6-12-5-2-3-7-15(12)14/h2-8,11,13,16,18H,9-10H2,1H3,(H,19,20). The molecule has 0 aromatic heterocycles. The van der Waals surface area contributed by atoms with Crippen molar-refractivity contribution in [3.8, 4) is 0 Å². The first-order valence-corrected chi connectivity index (χ1v) is 7.13. The molecule has 1 saturated carbocycles. The van der Waals surface area contributed by atoms with Crippen LogP contribution < -0.4 is 5.32 Å². The van der Waals surface area contributed by atoms with Crippen LogP contribution in [0, 0.1) is 5.92 Å². The summed E-state index contributed by atoms with van der Waals surface area (Å²) < 4.78 is 0. The van der Waals surface area contributed by atoms with Crippen molar-refractivity contribution >= 4 is 16.7 Å². The summed E-state index contributed by atoms with van der Waals surface area (Å²) in [4.78, 5) is 11.3. The molecule has 1 aliphatic carbocycles. The lowest BCUT2D eigenvalue weighted by atomic mass is 9.98. The fraction of sp³-hybridized carbons (Fsp3) is 0.353. The molecule has 0 spiro atoms. The number of fused-ring (bicyclic) bond motifs is 1. The normalized spacial score (nSPS) is 17.9. The van der Waals surface area contributed by atoms with Gasteiger partial charge in [0.25, 0.3) is 0 Å². The topological polar surface area (TPSA) is 49.3 Å². The molecule has 3 rings (SSSR count). The Morgan fingerprint density at radius 3 is 2.60 bits per heavy atom. The largest absolute Gasteiger partial charge is 0.480 e. The van der Waals surface area contributed by atoms with Gasteiger partial charge in [-0.25, -0.2) is 0 Å². The summed E-state index contributed by atoms with van der Waals surface area (Å²) in [6.45, 7) is 2.04. The summed E-state index contributed by atoms with van der Waals surface area (Å²) >= 11 is 0. The molecule has 1 fully saturated rings. The highest BCUT2D eigenvalue weighted by Crippen LogP contribution is 2.34. The fourth-order valence-electron chi connectivity index (χ4n) is 2.83. The predicted octanol–water partition coefficient (Wildman–Crippen LogP) is 3.35. The second kappa shape index (κ2) is 5.25. The Morgan fingerprint density at radius 1 is 1.20 bits per heavy atom. The minimum atomic E-state index is -0.736. The van der Waals surface area contributed by atoms with Gasteiger partial charge in [-0.3, -0.25) is 10.1 Å². The highest BCUT2D eigenvalue weighted by atomic mass is 16.4. The lowest BCUT2D eigenvalue weighted by Crippen LogP contribution is -2.40. The molecular formula is C17H19NO2. The van der Waals surface area contributed by atoms with Crippen molar-refractivity contribution in [2.75, 3.05) is 0 Å². The molecule has 20 heavy (non-hydrogen) atoms. The summed E-state index contributed by atoms with van der Waals surface area (Å²) in [5.41, 5.74) is 1.16. The minimum Gasteiger partial charge on any atom is -0.480 e. The quantitative estimate of drug-likeness (QED) is 0.875. The Kier molecular flexibility index (Phi) is 3.45. The zero-order valence-corrected chi connectivity index (χ0v) is 11.5. The summed E-state index contributed by atoms with van der Waals surface area (Å²) in [5, 5.41) is 15.0. The van der Waals surface area contributed by atoms with Crippen LogP contribution in [0.2, 0.25) is 0 Å². The second-order valence-electron chi connectivity index (χ2n) is 5.61. The molecule has 0 amide bonds. The van der Waals surface area contributed by atoms with Crippen molar-refractivity contribution in [2.45, 2.75) is 31.8 Å². The monoisotopic (exact) mass is 269 g/mol. The third-order valence-corrected chi connectivity index (χ3v) is 4.08. The summed E-state index contributed by atoms with van der Waals surface area (Å²) in [5.74, 6) is -0.440. The molecule has 2 unspecified atom stereocenters. The molecule has 0 heterocycles. The number of hydrogen-bond acceptors (Lipinski definition) is 2. The number of rotatable bonds is 5. The van der Waals surface area contributed by atoms with Crippen LogP contribution in [0.3, 0.4) is 0 Å². The van der Waals surface area contributed by atoms with Crippen molar-refractivity contribution in [3.63, 3.8) is 0 Å². The van der Waals surface area contributed by atoms with E-state index in [-0.39, 0.29) is 6.04 Å². The molecule has 2 N–H and O–H groups in total. The Balaban J connectivity index is 1.88. The van der Waals surface area contributed by atoms with Crippen LogP contribution in [-0.2, 0) is 4.79 Å². The second-order valence-corrected chi connectivity index (χ2v) is 5.61. The highest BCUT2D eigenvalue weighted by molar-refractivity contribution is 5.86. The van der Waals surface area contributed by atoms with Crippen molar-refractivity contribution in [1.29, 1.82) is 0 Å². The summed E-state index contributed by atoms with van der Waals surface area (Å²) in [6.07, 6.45) is 2.04. The number of carboxylic acid groups (broad SMARTS) is 1. The Bertz CT molecular complexity index is 628. The van der Waals surface area contributed by atoms with Crippen LogP contribution in [0.5, 0.6) is 0 Å². The molecule has 3 heteroatoms. The number of carbonyl (C=O) groups is 1. The first kappa shape index (κ1) is 13.1. The SMILES string of the molecule is CC(NC(C(=O)O)C1CC1)c1cccc2ccccc12. The minimum absolute atomic E-state index is 0.0304. The maximum Gasteiger partial charge on any atom is 0.320 e. The predicted molar refractivity (Wildman–Crippen MR) is 79.6 cm³/mol. The lowest BCUT2D eigenvalue weighted by Gasteiger charge is -2.21. The van der Waals surface area contributed by atoms with E-state index in [0.717, 1.165) is 18.4 Å². The zero-order chi connectivity index (χ0) is 14.1. The number of nitrogens with one attached hydrogen (secondary N) is 1. The van der Waals surface area contributed by atoms with Gasteiger partial charge in [0.1, 0.15) is 6.04 Å².